The van der Waals surface area contributed by atoms with Crippen LogP contribution in [0, 0.1) is 0 Å². The van der Waals surface area contributed by atoms with Gasteiger partial charge in [0.05, 0.1) is 11.1 Å². The summed E-state index contributed by atoms with van der Waals surface area (Å²) in [6.45, 7) is 1.30. The molecule has 4 rings (SSSR count). The largest absolute Gasteiger partial charge is 0.454 e. The molecule has 10 heteroatoms. The number of ketones is 1. The van der Waals surface area contributed by atoms with Gasteiger partial charge in [0.1, 0.15) is 17.5 Å². The number of fused-ring (bicyclic) bond motifs is 1. The number of rotatable bonds is 7. The van der Waals surface area contributed by atoms with Crippen molar-refractivity contribution in [1.82, 2.24) is 9.13 Å². The van der Waals surface area contributed by atoms with E-state index in [0.29, 0.717) is 24.0 Å². The highest BCUT2D eigenvalue weighted by Gasteiger charge is 2.29. The number of nitrogen functional groups attached to an aromatic ring is 1. The lowest BCUT2D eigenvalue weighted by Crippen LogP contribution is -2.43. The summed E-state index contributed by atoms with van der Waals surface area (Å²) in [5.41, 5.74) is 6.00. The second-order valence-electron chi connectivity index (χ2n) is 8.44. The third-order valence-electron chi connectivity index (χ3n) is 6.03. The van der Waals surface area contributed by atoms with Crippen LogP contribution >= 0.6 is 0 Å². The van der Waals surface area contributed by atoms with Crippen LogP contribution in [-0.2, 0) is 29.5 Å². The Labute approximate surface area is 205 Å². The normalized spacial score (nSPS) is 14.6. The van der Waals surface area contributed by atoms with Gasteiger partial charge in [0, 0.05) is 20.0 Å². The minimum atomic E-state index is -0.856. The zero-order valence-corrected chi connectivity index (χ0v) is 19.9. The van der Waals surface area contributed by atoms with Gasteiger partial charge in [0.25, 0.3) is 5.56 Å². The quantitative estimate of drug-likeness (QED) is 0.391. The van der Waals surface area contributed by atoms with Gasteiger partial charge in [-0.25, -0.2) is 14.4 Å². The Kier molecular flexibility index (Phi) is 6.86. The molecule has 0 bridgehead atoms. The van der Waals surface area contributed by atoms with Crippen LogP contribution < -0.4 is 17.0 Å². The summed E-state index contributed by atoms with van der Waals surface area (Å²) < 4.78 is 12.6. The molecule has 1 unspecified atom stereocenters. The minimum Gasteiger partial charge on any atom is -0.454 e. The SMILES string of the molecule is CCCn1c(N)c(C(=O)COC(=O)c2ccc3c(c2)CC(c2ccccc2)OC3=O)c(=O)n(C)c1=O. The Balaban J connectivity index is 1.53. The molecule has 1 aromatic heterocycles. The van der Waals surface area contributed by atoms with Crippen LogP contribution in [-0.4, -0.2) is 33.5 Å². The molecule has 2 heterocycles. The molecular formula is C26H25N3O7. The van der Waals surface area contributed by atoms with E-state index in [9.17, 15) is 24.0 Å². The van der Waals surface area contributed by atoms with Gasteiger partial charge in [-0.05, 0) is 35.7 Å². The third-order valence-corrected chi connectivity index (χ3v) is 6.03. The fraction of sp³-hybridized carbons (Fsp3) is 0.269. The van der Waals surface area contributed by atoms with Gasteiger partial charge in [0.15, 0.2) is 6.61 Å². The van der Waals surface area contributed by atoms with Gasteiger partial charge in [-0.1, -0.05) is 37.3 Å². The van der Waals surface area contributed by atoms with Crippen LogP contribution in [0.15, 0.2) is 58.1 Å². The number of Topliss-reactive ketones (excluding diaryl/α,β-unsaturated/α-hetero) is 1. The molecule has 2 N–H and O–H groups in total. The number of hydrogen-bond donors (Lipinski definition) is 1. The number of carbonyl (C=O) groups excluding carboxylic acids is 3. The number of ether oxygens (including phenoxy) is 2. The fourth-order valence-electron chi connectivity index (χ4n) is 4.15. The van der Waals surface area contributed by atoms with Crippen molar-refractivity contribution in [3.05, 3.63) is 97.2 Å². The topological polar surface area (TPSA) is 140 Å². The average molecular weight is 492 g/mol. The number of esters is 2. The van der Waals surface area contributed by atoms with E-state index in [2.05, 4.69) is 0 Å². The molecule has 3 aromatic rings. The van der Waals surface area contributed by atoms with Crippen molar-refractivity contribution in [2.24, 2.45) is 7.05 Å². The van der Waals surface area contributed by atoms with E-state index in [-0.39, 0.29) is 17.9 Å². The first kappa shape index (κ1) is 24.6. The van der Waals surface area contributed by atoms with Gasteiger partial charge in [0.2, 0.25) is 5.78 Å². The number of benzene rings is 2. The fourth-order valence-corrected chi connectivity index (χ4v) is 4.15. The number of carbonyl (C=O) groups is 3. The molecule has 0 radical (unpaired) electrons. The Hall–Kier alpha value is -4.47. The summed E-state index contributed by atoms with van der Waals surface area (Å²) >= 11 is 0. The molecule has 186 valence electrons. The van der Waals surface area contributed by atoms with E-state index in [4.69, 9.17) is 15.2 Å². The molecule has 1 aliphatic rings. The number of nitrogens with zero attached hydrogens (tertiary/aromatic N) is 2. The summed E-state index contributed by atoms with van der Waals surface area (Å²) in [4.78, 5) is 62.8. The van der Waals surface area contributed by atoms with E-state index in [0.717, 1.165) is 14.7 Å². The molecule has 0 spiro atoms. The number of cyclic esters (lactones) is 1. The zero-order chi connectivity index (χ0) is 26.0. The van der Waals surface area contributed by atoms with Crippen LogP contribution in [0.4, 0.5) is 5.82 Å². The van der Waals surface area contributed by atoms with Gasteiger partial charge in [-0.3, -0.25) is 18.7 Å². The van der Waals surface area contributed by atoms with Crippen LogP contribution in [0.1, 0.15) is 61.6 Å². The minimum absolute atomic E-state index is 0.139. The highest BCUT2D eigenvalue weighted by molar-refractivity contribution is 6.02. The maximum absolute atomic E-state index is 12.8. The second-order valence-corrected chi connectivity index (χ2v) is 8.44. The maximum atomic E-state index is 12.8. The lowest BCUT2D eigenvalue weighted by molar-refractivity contribution is 0.0251. The van der Waals surface area contributed by atoms with Crippen molar-refractivity contribution < 1.29 is 23.9 Å². The Morgan fingerprint density at radius 2 is 1.83 bits per heavy atom. The smallest absolute Gasteiger partial charge is 0.339 e. The van der Waals surface area contributed by atoms with Gasteiger partial charge >= 0.3 is 17.6 Å². The van der Waals surface area contributed by atoms with Crippen LogP contribution in [0.2, 0.25) is 0 Å². The molecule has 0 fully saturated rings. The number of hydrogen-bond acceptors (Lipinski definition) is 8. The van der Waals surface area contributed by atoms with Crippen LogP contribution in [0.25, 0.3) is 0 Å². The summed E-state index contributed by atoms with van der Waals surface area (Å²) in [7, 11) is 1.25. The summed E-state index contributed by atoms with van der Waals surface area (Å²) in [6, 6.07) is 13.7. The predicted molar refractivity (Wildman–Crippen MR) is 130 cm³/mol. The Morgan fingerprint density at radius 3 is 2.53 bits per heavy atom. The van der Waals surface area contributed by atoms with E-state index >= 15 is 0 Å². The van der Waals surface area contributed by atoms with Crippen molar-refractivity contribution in [2.75, 3.05) is 12.3 Å². The van der Waals surface area contributed by atoms with Gasteiger partial charge in [-0.2, -0.15) is 0 Å². The predicted octanol–water partition coefficient (Wildman–Crippen LogP) is 2.03. The first-order chi connectivity index (χ1) is 17.2. The number of aromatic nitrogens is 2. The molecule has 0 aliphatic carbocycles. The van der Waals surface area contributed by atoms with Crippen molar-refractivity contribution >= 4 is 23.5 Å². The summed E-state index contributed by atoms with van der Waals surface area (Å²) in [5.74, 6) is -2.38. The number of anilines is 1. The highest BCUT2D eigenvalue weighted by atomic mass is 16.5. The van der Waals surface area contributed by atoms with Crippen molar-refractivity contribution in [3.63, 3.8) is 0 Å². The third kappa shape index (κ3) is 4.57. The van der Waals surface area contributed by atoms with E-state index in [1.165, 1.54) is 25.2 Å². The second kappa shape index (κ2) is 10.0. The first-order valence-corrected chi connectivity index (χ1v) is 11.4. The molecule has 2 aromatic carbocycles. The van der Waals surface area contributed by atoms with Crippen molar-refractivity contribution in [3.8, 4) is 0 Å². The molecule has 0 saturated heterocycles. The molecule has 0 saturated carbocycles. The lowest BCUT2D eigenvalue weighted by atomic mass is 9.93. The van der Waals surface area contributed by atoms with Gasteiger partial charge < -0.3 is 15.2 Å². The van der Waals surface area contributed by atoms with E-state index in [1.54, 1.807) is 0 Å². The van der Waals surface area contributed by atoms with Crippen LogP contribution in [0.3, 0.4) is 0 Å². The van der Waals surface area contributed by atoms with E-state index in [1.807, 2.05) is 37.3 Å². The maximum Gasteiger partial charge on any atom is 0.339 e. The Bertz CT molecular complexity index is 1470. The summed E-state index contributed by atoms with van der Waals surface area (Å²) in [6.07, 6.45) is 0.440. The molecule has 36 heavy (non-hydrogen) atoms. The average Bonchev–Trinajstić information content (AvgIpc) is 2.88. The molecule has 1 aliphatic heterocycles. The van der Waals surface area contributed by atoms with Crippen molar-refractivity contribution in [2.45, 2.75) is 32.4 Å². The number of nitrogens with two attached hydrogens (primary N) is 1. The standard InChI is InChI=1S/C26H25N3O7/c1-3-11-29-22(27)21(23(31)28(2)26(29)34)19(30)14-35-24(32)16-9-10-18-17(12-16)13-20(36-25(18)33)15-7-5-4-6-8-15/h4-10,12,20H,3,11,13-14,27H2,1-2H3. The van der Waals surface area contributed by atoms with Crippen LogP contribution in [0.5, 0.6) is 0 Å². The first-order valence-electron chi connectivity index (χ1n) is 11.4. The molecular weight excluding hydrogens is 466 g/mol. The highest BCUT2D eigenvalue weighted by Crippen LogP contribution is 2.31. The molecule has 0 amide bonds. The van der Waals surface area contributed by atoms with Crippen molar-refractivity contribution in [1.29, 1.82) is 0 Å². The van der Waals surface area contributed by atoms with E-state index < -0.39 is 47.2 Å². The molecule has 1 atom stereocenters. The monoisotopic (exact) mass is 491 g/mol. The summed E-state index contributed by atoms with van der Waals surface area (Å²) in [5, 5.41) is 0. The molecule has 10 nitrogen and oxygen atoms in total. The zero-order valence-electron chi connectivity index (χ0n) is 19.9. The Morgan fingerprint density at radius 1 is 1.11 bits per heavy atom. The lowest BCUT2D eigenvalue weighted by Gasteiger charge is -2.25. The van der Waals surface area contributed by atoms with Gasteiger partial charge in [-0.15, -0.1) is 0 Å².